The van der Waals surface area contributed by atoms with Crippen LogP contribution in [0.3, 0.4) is 0 Å². The van der Waals surface area contributed by atoms with Crippen LogP contribution in [-0.4, -0.2) is 52.6 Å². The van der Waals surface area contributed by atoms with E-state index in [1.165, 1.54) is 4.90 Å². The van der Waals surface area contributed by atoms with Gasteiger partial charge in [-0.05, 0) is 27.2 Å². The molecule has 1 rings (SSSR count). The third-order valence-electron chi connectivity index (χ3n) is 2.61. The third kappa shape index (κ3) is 3.64. The van der Waals surface area contributed by atoms with Gasteiger partial charge in [0.25, 0.3) is 0 Å². The standard InChI is InChI=1S/C11H21NO4/c1-11(2,3)16-10(15)12-5-4-8(7-13)9(14)6-12/h8-9,13-14H,4-7H2,1-3H3/t8-,9+/m1/s1. The summed E-state index contributed by atoms with van der Waals surface area (Å²) in [6.45, 7) is 6.14. The highest BCUT2D eigenvalue weighted by Gasteiger charge is 2.31. The van der Waals surface area contributed by atoms with Crippen LogP contribution in [0.25, 0.3) is 0 Å². The third-order valence-corrected chi connectivity index (χ3v) is 2.61. The van der Waals surface area contributed by atoms with E-state index in [2.05, 4.69) is 0 Å². The Morgan fingerprint density at radius 1 is 1.50 bits per heavy atom. The molecule has 0 radical (unpaired) electrons. The predicted octanol–water partition coefficient (Wildman–Crippen LogP) is 0.597. The molecule has 0 unspecified atom stereocenters. The average Bonchev–Trinajstić information content (AvgIpc) is 2.15. The van der Waals surface area contributed by atoms with Crippen LogP contribution in [0.2, 0.25) is 0 Å². The Morgan fingerprint density at radius 2 is 2.12 bits per heavy atom. The van der Waals surface area contributed by atoms with Crippen molar-refractivity contribution in [2.45, 2.75) is 38.9 Å². The van der Waals surface area contributed by atoms with Crippen LogP contribution >= 0.6 is 0 Å². The monoisotopic (exact) mass is 231 g/mol. The number of carbonyl (C=O) groups excluding carboxylic acids is 1. The van der Waals surface area contributed by atoms with Crippen molar-refractivity contribution in [3.8, 4) is 0 Å². The summed E-state index contributed by atoms with van der Waals surface area (Å²) in [5, 5.41) is 18.7. The first-order chi connectivity index (χ1) is 7.33. The van der Waals surface area contributed by atoms with E-state index in [4.69, 9.17) is 9.84 Å². The van der Waals surface area contributed by atoms with E-state index in [-0.39, 0.29) is 19.1 Å². The fourth-order valence-corrected chi connectivity index (χ4v) is 1.69. The summed E-state index contributed by atoms with van der Waals surface area (Å²) in [5.74, 6) is -0.126. The molecule has 0 aliphatic carbocycles. The van der Waals surface area contributed by atoms with E-state index in [1.54, 1.807) is 0 Å². The van der Waals surface area contributed by atoms with Gasteiger partial charge in [0.2, 0.25) is 0 Å². The van der Waals surface area contributed by atoms with E-state index < -0.39 is 17.8 Å². The van der Waals surface area contributed by atoms with Crippen LogP contribution in [0.5, 0.6) is 0 Å². The van der Waals surface area contributed by atoms with Gasteiger partial charge in [0.1, 0.15) is 5.60 Å². The summed E-state index contributed by atoms with van der Waals surface area (Å²) in [4.78, 5) is 13.2. The SMILES string of the molecule is CC(C)(C)OC(=O)N1CC[C@H](CO)[C@@H](O)C1. The number of ether oxygens (including phenoxy) is 1. The molecule has 1 amide bonds. The molecule has 16 heavy (non-hydrogen) atoms. The van der Waals surface area contributed by atoms with Crippen molar-refractivity contribution < 1.29 is 19.7 Å². The van der Waals surface area contributed by atoms with E-state index in [1.807, 2.05) is 20.8 Å². The van der Waals surface area contributed by atoms with Crippen molar-refractivity contribution in [1.82, 2.24) is 4.90 Å². The van der Waals surface area contributed by atoms with Gasteiger partial charge >= 0.3 is 6.09 Å². The number of aliphatic hydroxyl groups is 2. The number of nitrogens with zero attached hydrogens (tertiary/aromatic N) is 1. The lowest BCUT2D eigenvalue weighted by atomic mass is 9.95. The van der Waals surface area contributed by atoms with Gasteiger partial charge in [0.05, 0.1) is 12.6 Å². The van der Waals surface area contributed by atoms with Gasteiger partial charge < -0.3 is 19.8 Å². The molecule has 1 fully saturated rings. The summed E-state index contributed by atoms with van der Waals surface area (Å²) < 4.78 is 5.21. The van der Waals surface area contributed by atoms with Crippen LogP contribution in [0.15, 0.2) is 0 Å². The highest BCUT2D eigenvalue weighted by molar-refractivity contribution is 5.68. The van der Waals surface area contributed by atoms with E-state index in [9.17, 15) is 9.90 Å². The number of aliphatic hydroxyl groups excluding tert-OH is 2. The van der Waals surface area contributed by atoms with Crippen LogP contribution in [-0.2, 0) is 4.74 Å². The van der Waals surface area contributed by atoms with Crippen LogP contribution in [0, 0.1) is 5.92 Å². The minimum Gasteiger partial charge on any atom is -0.444 e. The molecule has 2 atom stereocenters. The number of likely N-dealkylation sites (tertiary alicyclic amines) is 1. The zero-order valence-corrected chi connectivity index (χ0v) is 10.1. The Morgan fingerprint density at radius 3 is 2.56 bits per heavy atom. The number of hydrogen-bond acceptors (Lipinski definition) is 4. The number of β-amino-alcohol motifs (C(OH)–C–C–N with tert-alkyl or cyclic N) is 1. The first-order valence-electron chi connectivity index (χ1n) is 5.60. The first kappa shape index (κ1) is 13.3. The molecule has 0 aromatic heterocycles. The number of hydrogen-bond donors (Lipinski definition) is 2. The predicted molar refractivity (Wildman–Crippen MR) is 59.0 cm³/mol. The minimum absolute atomic E-state index is 0.0384. The fourth-order valence-electron chi connectivity index (χ4n) is 1.69. The average molecular weight is 231 g/mol. The molecule has 0 aromatic carbocycles. The topological polar surface area (TPSA) is 70.0 Å². The molecular formula is C11H21NO4. The Hall–Kier alpha value is -0.810. The maximum absolute atomic E-state index is 11.7. The smallest absolute Gasteiger partial charge is 0.410 e. The maximum Gasteiger partial charge on any atom is 0.410 e. The maximum atomic E-state index is 11.7. The summed E-state index contributed by atoms with van der Waals surface area (Å²) in [6.07, 6.45) is -0.453. The lowest BCUT2D eigenvalue weighted by molar-refractivity contribution is -0.0234. The van der Waals surface area contributed by atoms with Gasteiger partial charge in [-0.2, -0.15) is 0 Å². The van der Waals surface area contributed by atoms with Gasteiger partial charge in [-0.25, -0.2) is 4.79 Å². The second-order valence-corrected chi connectivity index (χ2v) is 5.23. The molecule has 94 valence electrons. The van der Waals surface area contributed by atoms with Gasteiger partial charge in [-0.3, -0.25) is 0 Å². The van der Waals surface area contributed by atoms with E-state index >= 15 is 0 Å². The number of carbonyl (C=O) groups is 1. The molecule has 1 aliphatic rings. The van der Waals surface area contributed by atoms with Gasteiger partial charge in [-0.15, -0.1) is 0 Å². The molecule has 1 aliphatic heterocycles. The van der Waals surface area contributed by atoms with Crippen molar-refractivity contribution in [3.63, 3.8) is 0 Å². The van der Waals surface area contributed by atoms with E-state index in [0.29, 0.717) is 13.0 Å². The number of amides is 1. The lowest BCUT2D eigenvalue weighted by Gasteiger charge is -2.35. The minimum atomic E-state index is -0.661. The second kappa shape index (κ2) is 5.01. The van der Waals surface area contributed by atoms with Crippen molar-refractivity contribution in [1.29, 1.82) is 0 Å². The van der Waals surface area contributed by atoms with Crippen LogP contribution < -0.4 is 0 Å². The molecule has 0 bridgehead atoms. The molecule has 0 spiro atoms. The fraction of sp³-hybridized carbons (Fsp3) is 0.909. The zero-order valence-electron chi connectivity index (χ0n) is 10.1. The molecule has 1 saturated heterocycles. The summed E-state index contributed by atoms with van der Waals surface area (Å²) in [7, 11) is 0. The molecule has 0 aromatic rings. The molecule has 0 saturated carbocycles. The van der Waals surface area contributed by atoms with Crippen molar-refractivity contribution in [2.24, 2.45) is 5.92 Å². The van der Waals surface area contributed by atoms with Crippen molar-refractivity contribution in [3.05, 3.63) is 0 Å². The normalized spacial score (nSPS) is 26.7. The highest BCUT2D eigenvalue weighted by Crippen LogP contribution is 2.19. The first-order valence-corrected chi connectivity index (χ1v) is 5.60. The number of rotatable bonds is 1. The quantitative estimate of drug-likeness (QED) is 0.693. The van der Waals surface area contributed by atoms with Crippen molar-refractivity contribution in [2.75, 3.05) is 19.7 Å². The molecule has 5 nitrogen and oxygen atoms in total. The Balaban J connectivity index is 2.48. The Bertz CT molecular complexity index is 249. The van der Waals surface area contributed by atoms with Gasteiger partial charge in [0.15, 0.2) is 0 Å². The van der Waals surface area contributed by atoms with Gasteiger partial charge in [0, 0.05) is 19.1 Å². The van der Waals surface area contributed by atoms with E-state index in [0.717, 1.165) is 0 Å². The molecule has 1 heterocycles. The largest absolute Gasteiger partial charge is 0.444 e. The number of piperidine rings is 1. The van der Waals surface area contributed by atoms with Crippen LogP contribution in [0.1, 0.15) is 27.2 Å². The van der Waals surface area contributed by atoms with Crippen LogP contribution in [0.4, 0.5) is 4.79 Å². The van der Waals surface area contributed by atoms with Crippen molar-refractivity contribution >= 4 is 6.09 Å². The van der Waals surface area contributed by atoms with Gasteiger partial charge in [-0.1, -0.05) is 0 Å². The summed E-state index contributed by atoms with van der Waals surface area (Å²) in [5.41, 5.74) is -0.518. The Kier molecular flexibility index (Phi) is 4.15. The lowest BCUT2D eigenvalue weighted by Crippen LogP contribution is -2.49. The Labute approximate surface area is 96.0 Å². The molecular weight excluding hydrogens is 210 g/mol. The summed E-state index contributed by atoms with van der Waals surface area (Å²) >= 11 is 0. The molecule has 2 N–H and O–H groups in total. The second-order valence-electron chi connectivity index (χ2n) is 5.23. The molecule has 5 heteroatoms. The summed E-state index contributed by atoms with van der Waals surface area (Å²) in [6, 6.07) is 0. The highest BCUT2D eigenvalue weighted by atomic mass is 16.6. The zero-order chi connectivity index (χ0) is 12.3.